The molecule has 0 radical (unpaired) electrons. The number of rotatable bonds is 4. The molecule has 7 aromatic rings. The molecule has 6 bridgehead atoms. The van der Waals surface area contributed by atoms with Crippen molar-refractivity contribution in [3.63, 3.8) is 0 Å². The fourth-order valence-electron chi connectivity index (χ4n) is 13.0. The summed E-state index contributed by atoms with van der Waals surface area (Å²) in [5.74, 6) is -50.7. The van der Waals surface area contributed by atoms with Crippen molar-refractivity contribution in [3.8, 4) is 143 Å². The van der Waals surface area contributed by atoms with Gasteiger partial charge in [-0.3, -0.25) is 4.79 Å². The number of hydrogen-bond acceptors (Lipinski definition) is 45. The summed E-state index contributed by atoms with van der Waals surface area (Å²) in [6.07, 6.45) is -22.3. The summed E-state index contributed by atoms with van der Waals surface area (Å²) in [7, 11) is 0. The van der Waals surface area contributed by atoms with Gasteiger partial charge >= 0.3 is 47.8 Å². The molecule has 1 aliphatic carbocycles. The fraction of sp³-hybridized carbons (Fsp3) is 0.221. The van der Waals surface area contributed by atoms with Crippen LogP contribution in [0.5, 0.6) is 121 Å². The molecule has 45 heteroatoms. The van der Waals surface area contributed by atoms with Gasteiger partial charge in [0.2, 0.25) is 53.2 Å². The highest BCUT2D eigenvalue weighted by Gasteiger charge is 2.71. The number of benzene rings is 7. The van der Waals surface area contributed by atoms with Crippen LogP contribution in [0.3, 0.4) is 0 Å². The summed E-state index contributed by atoms with van der Waals surface area (Å²) < 4.78 is 59.9. The van der Waals surface area contributed by atoms with E-state index in [0.717, 1.165) is 0 Å². The van der Waals surface area contributed by atoms with E-state index in [0.29, 0.717) is 54.6 Å². The molecule has 0 spiro atoms. The van der Waals surface area contributed by atoms with Crippen molar-refractivity contribution in [2.45, 2.75) is 78.9 Å². The Hall–Kier alpha value is -14.8. The van der Waals surface area contributed by atoms with E-state index >= 15 is 0 Å². The molecule has 25 N–H and O–H groups in total. The number of cyclic esters (lactones) is 2. The first-order valence-electron chi connectivity index (χ1n) is 31.6. The third-order valence-electron chi connectivity index (χ3n) is 18.5. The zero-order chi connectivity index (χ0) is 82.4. The maximum absolute atomic E-state index is 14.6. The van der Waals surface area contributed by atoms with Gasteiger partial charge in [0.15, 0.2) is 116 Å². The van der Waals surface area contributed by atoms with Gasteiger partial charge in [-0.15, -0.1) is 0 Å². The third-order valence-corrected chi connectivity index (χ3v) is 18.5. The highest BCUT2D eigenvalue weighted by atomic mass is 16.8. The Morgan fingerprint density at radius 1 is 0.363 bits per heavy atom. The summed E-state index contributed by atoms with van der Waals surface area (Å²) in [5.41, 5.74) is -12.4. The van der Waals surface area contributed by atoms with Crippen LogP contribution in [0.15, 0.2) is 66.2 Å². The lowest BCUT2D eigenvalue weighted by atomic mass is 9.74. The van der Waals surface area contributed by atoms with E-state index in [1.807, 2.05) is 0 Å². The molecule has 0 amide bonds. The molecule has 2 fully saturated rings. The van der Waals surface area contributed by atoms with E-state index in [1.54, 1.807) is 0 Å². The molecule has 7 aromatic carbocycles. The van der Waals surface area contributed by atoms with Crippen LogP contribution in [-0.4, -0.2) is 267 Å². The average molecular weight is 1590 g/mol. The quantitative estimate of drug-likeness (QED) is 0.0417. The van der Waals surface area contributed by atoms with Crippen LogP contribution in [0.4, 0.5) is 0 Å². The number of ketones is 1. The summed E-state index contributed by atoms with van der Waals surface area (Å²) in [5, 5.41) is 262. The van der Waals surface area contributed by atoms with Crippen LogP contribution in [0.1, 0.15) is 84.0 Å². The predicted molar refractivity (Wildman–Crippen MR) is 343 cm³/mol. The number of phenols is 20. The third kappa shape index (κ3) is 12.2. The van der Waals surface area contributed by atoms with Gasteiger partial charge in [-0.05, 0) is 60.7 Å². The zero-order valence-corrected chi connectivity index (χ0v) is 55.4. The Bertz CT molecular complexity index is 5380. The van der Waals surface area contributed by atoms with Crippen molar-refractivity contribution < 1.29 is 223 Å². The fourth-order valence-corrected chi connectivity index (χ4v) is 13.0. The number of carbonyl (C=O) groups excluding carboxylic acids is 9. The molecule has 6 aliphatic heterocycles. The average Bonchev–Trinajstić information content (AvgIpc) is 1.54. The van der Waals surface area contributed by atoms with Gasteiger partial charge in [-0.1, -0.05) is 0 Å². The lowest BCUT2D eigenvalue weighted by Crippen LogP contribution is -2.66. The first-order valence-corrected chi connectivity index (χ1v) is 31.6. The number of aliphatic hydroxyl groups is 5. The van der Waals surface area contributed by atoms with Gasteiger partial charge in [0.25, 0.3) is 11.6 Å². The lowest BCUT2D eigenvalue weighted by molar-refractivity contribution is -0.323. The first kappa shape index (κ1) is 76.4. The largest absolute Gasteiger partial charge is 0.504 e. The van der Waals surface area contributed by atoms with E-state index in [1.165, 1.54) is 0 Å². The van der Waals surface area contributed by atoms with Gasteiger partial charge in [0.05, 0.1) is 50.4 Å². The minimum absolute atomic E-state index is 0.207. The Kier molecular flexibility index (Phi) is 18.3. The van der Waals surface area contributed by atoms with Crippen LogP contribution in [0.2, 0.25) is 0 Å². The standard InChI is InChI=1S/C41H28O27.C27H22O18/c42-13-1-8(2-14(43)24(13)48)34(54)67-39-33-32-30(64-38(58)12-6-19(47)40(59,60)41(61)23(12)22-11(37(57)66-33)5-17(46)27(51)31(22)68-41)18(63-39)7-62-35(55)9-3-15(44)25(49)28(52)20(9)21-10(36(56)65-32)4-16(45)26(50)29(21)53;28-9-1-6(2-10(29)16(9)32)24(39)45-27-22(38)23-19(35)13(43-27)5-42-25(40)7-3-11(30)17(33)20(36)14(7)15-8(26(41)44-23)4-12(31)18(34)21(15)37/h1-6,18,23,30,32-33,39,42-46,48-53,59-61H,7H2;1-4,13,19,22-23,27-38H,5H2/t18-,23+,30-,32+,33-,39+,41-;13-,19-,22-,23+,27+/m11/s1. The van der Waals surface area contributed by atoms with Crippen molar-refractivity contribution in [2.75, 3.05) is 13.2 Å². The van der Waals surface area contributed by atoms with Crippen LogP contribution < -0.4 is 4.74 Å². The second-order valence-corrected chi connectivity index (χ2v) is 25.2. The molecule has 45 nitrogen and oxygen atoms in total. The van der Waals surface area contributed by atoms with Crippen LogP contribution in [-0.2, 0) is 57.0 Å². The molecule has 6 heterocycles. The van der Waals surface area contributed by atoms with Gasteiger partial charge < -0.3 is 180 Å². The van der Waals surface area contributed by atoms with Crippen molar-refractivity contribution in [2.24, 2.45) is 0 Å². The lowest BCUT2D eigenvalue weighted by Gasteiger charge is -2.44. The number of hydrogen-bond donors (Lipinski definition) is 25. The Labute approximate surface area is 620 Å². The van der Waals surface area contributed by atoms with E-state index in [9.17, 15) is 171 Å². The Balaban J connectivity index is 0.000000215. The van der Waals surface area contributed by atoms with Crippen LogP contribution in [0, 0.1) is 0 Å². The monoisotopic (exact) mass is 1590 g/mol. The number of ether oxygens (including phenoxy) is 11. The molecule has 2 saturated heterocycles. The highest BCUT2D eigenvalue weighted by Crippen LogP contribution is 2.61. The van der Waals surface area contributed by atoms with Gasteiger partial charge in [-0.25, -0.2) is 38.4 Å². The van der Waals surface area contributed by atoms with Crippen molar-refractivity contribution in [1.29, 1.82) is 0 Å². The normalized spacial score (nSPS) is 24.6. The molecule has 0 unspecified atom stereocenters. The first-order chi connectivity index (χ1) is 53.0. The van der Waals surface area contributed by atoms with Gasteiger partial charge in [0, 0.05) is 27.8 Å². The predicted octanol–water partition coefficient (Wildman–Crippen LogP) is -1.40. The Morgan fingerprint density at radius 2 is 0.708 bits per heavy atom. The maximum Gasteiger partial charge on any atom is 0.340 e. The van der Waals surface area contributed by atoms with E-state index in [2.05, 4.69) is 0 Å². The summed E-state index contributed by atoms with van der Waals surface area (Å²) in [4.78, 5) is 124. The van der Waals surface area contributed by atoms with Gasteiger partial charge in [-0.2, -0.15) is 0 Å². The molecule has 0 saturated carbocycles. The number of esters is 8. The molecule has 12 atom stereocenters. The van der Waals surface area contributed by atoms with Gasteiger partial charge in [0.1, 0.15) is 31.5 Å². The van der Waals surface area contributed by atoms with Crippen molar-refractivity contribution >= 4 is 53.5 Å². The topological polar surface area (TPSA) is 761 Å². The highest BCUT2D eigenvalue weighted by molar-refractivity contribution is 6.11. The molecule has 0 aromatic heterocycles. The number of phenolic OH excluding ortho intramolecular Hbond substituents is 20. The summed E-state index contributed by atoms with van der Waals surface area (Å²) in [6.45, 7) is -2.25. The Morgan fingerprint density at radius 3 is 1.15 bits per heavy atom. The number of carbonyl (C=O) groups is 9. The minimum atomic E-state index is -4.02. The van der Waals surface area contributed by atoms with E-state index in [4.69, 9.17) is 52.1 Å². The summed E-state index contributed by atoms with van der Waals surface area (Å²) >= 11 is 0. The van der Waals surface area contributed by atoms with E-state index in [-0.39, 0.29) is 6.08 Å². The zero-order valence-electron chi connectivity index (χ0n) is 55.4. The second kappa shape index (κ2) is 27.1. The SMILES string of the molecule is O=C(O[C@@H]1O[C@@H]2COC(=O)c3cc(O)c(O)c(O)c3-c3c(cc(O)c(O)c3O)C(=O)O[C@H]([C@H]1O)[C@@H]2O)c1cc(O)c(O)c(O)c1.O=C1O[C@H]2[C@@H]3OC(=O)c4cc(O)c(O)c(O)c4-c4c(cc(O)c(O)c4O)C(=O)OC[C@H]2O[C@@H](OC(=O)c2cc(O)c(O)c(O)c2)[C@@H]3OC(=O)c2cc(O)c(O)c3c2[C@@H]2C1=CC(=O)C(O)(O)[C@]2(O)O3. The van der Waals surface area contributed by atoms with Crippen LogP contribution >= 0.6 is 0 Å². The summed E-state index contributed by atoms with van der Waals surface area (Å²) in [6, 6.07) is 4.82. The van der Waals surface area contributed by atoms with Crippen LogP contribution in [0.25, 0.3) is 22.3 Å². The molecule has 592 valence electrons. The number of aliphatic hydroxyl groups excluding tert-OH is 2. The smallest absolute Gasteiger partial charge is 0.340 e. The molecular formula is C68H50O45. The second-order valence-electron chi connectivity index (χ2n) is 25.2. The van der Waals surface area contributed by atoms with Crippen molar-refractivity contribution in [3.05, 3.63) is 111 Å². The number of fused-ring (bicyclic) bond motifs is 8. The number of aromatic hydroxyl groups is 20. The minimum Gasteiger partial charge on any atom is -0.504 e. The van der Waals surface area contributed by atoms with E-state index < -0.39 is 339 Å². The molecule has 113 heavy (non-hydrogen) atoms. The maximum atomic E-state index is 14.6. The molecule has 14 rings (SSSR count). The molecular weight excluding hydrogens is 1540 g/mol. The van der Waals surface area contributed by atoms with Crippen molar-refractivity contribution in [1.82, 2.24) is 0 Å². The molecule has 7 aliphatic rings.